The standard InChI is InChI=1S/C16H10O5S/c17-15-11(7-10-2-1-5-22-10)14(16(18)21-15)9-3-4-12-13(6-9)20-8-19-12/h1-6H,7-8H2. The summed E-state index contributed by atoms with van der Waals surface area (Å²) in [5.74, 6) is -0.00374. The number of carbonyl (C=O) groups is 2. The van der Waals surface area contributed by atoms with Crippen molar-refractivity contribution < 1.29 is 23.8 Å². The van der Waals surface area contributed by atoms with Crippen LogP contribution >= 0.6 is 11.3 Å². The maximum atomic E-state index is 12.1. The Morgan fingerprint density at radius 2 is 1.91 bits per heavy atom. The van der Waals surface area contributed by atoms with E-state index in [4.69, 9.17) is 14.2 Å². The van der Waals surface area contributed by atoms with Crippen molar-refractivity contribution in [3.63, 3.8) is 0 Å². The monoisotopic (exact) mass is 314 g/mol. The van der Waals surface area contributed by atoms with Crippen molar-refractivity contribution in [1.29, 1.82) is 0 Å². The lowest BCUT2D eigenvalue weighted by atomic mass is 9.98. The summed E-state index contributed by atoms with van der Waals surface area (Å²) >= 11 is 1.53. The molecule has 0 radical (unpaired) electrons. The van der Waals surface area contributed by atoms with Gasteiger partial charge in [0.2, 0.25) is 6.79 Å². The van der Waals surface area contributed by atoms with Crippen LogP contribution in [0.2, 0.25) is 0 Å². The van der Waals surface area contributed by atoms with Gasteiger partial charge in [0.15, 0.2) is 11.5 Å². The number of cyclic esters (lactones) is 2. The Hall–Kier alpha value is -2.60. The molecule has 5 nitrogen and oxygen atoms in total. The molecule has 22 heavy (non-hydrogen) atoms. The van der Waals surface area contributed by atoms with E-state index in [2.05, 4.69) is 0 Å². The molecule has 0 saturated heterocycles. The molecule has 0 aliphatic carbocycles. The van der Waals surface area contributed by atoms with Gasteiger partial charge in [-0.1, -0.05) is 12.1 Å². The zero-order valence-corrected chi connectivity index (χ0v) is 12.1. The molecular weight excluding hydrogens is 304 g/mol. The lowest BCUT2D eigenvalue weighted by Gasteiger charge is -2.03. The Labute approximate surface area is 129 Å². The minimum atomic E-state index is -0.615. The van der Waals surface area contributed by atoms with E-state index < -0.39 is 11.9 Å². The highest BCUT2D eigenvalue weighted by Crippen LogP contribution is 2.37. The molecule has 6 heteroatoms. The van der Waals surface area contributed by atoms with Gasteiger partial charge in [-0.05, 0) is 29.1 Å². The fourth-order valence-electron chi connectivity index (χ4n) is 2.51. The largest absolute Gasteiger partial charge is 0.454 e. The van der Waals surface area contributed by atoms with Crippen LogP contribution in [0.15, 0.2) is 41.3 Å². The van der Waals surface area contributed by atoms with Crippen LogP contribution in [0.1, 0.15) is 10.4 Å². The normalized spacial score (nSPS) is 16.4. The summed E-state index contributed by atoms with van der Waals surface area (Å²) in [5.41, 5.74) is 1.29. The molecule has 1 aromatic heterocycles. The summed E-state index contributed by atoms with van der Waals surface area (Å²) in [6.07, 6.45) is 0.381. The minimum Gasteiger partial charge on any atom is -0.454 e. The highest BCUT2D eigenvalue weighted by molar-refractivity contribution is 7.09. The van der Waals surface area contributed by atoms with Crippen molar-refractivity contribution in [3.05, 3.63) is 51.7 Å². The van der Waals surface area contributed by atoms with Crippen molar-refractivity contribution in [2.24, 2.45) is 0 Å². The molecule has 0 spiro atoms. The SMILES string of the molecule is O=C1OC(=O)C(c2ccc3c(c2)OCO3)=C1Cc1cccs1. The molecule has 2 aromatic rings. The first-order valence-electron chi connectivity index (χ1n) is 6.64. The highest BCUT2D eigenvalue weighted by atomic mass is 32.1. The van der Waals surface area contributed by atoms with Gasteiger partial charge in [0.05, 0.1) is 11.1 Å². The van der Waals surface area contributed by atoms with Gasteiger partial charge in [0, 0.05) is 11.3 Å². The molecule has 0 amide bonds. The van der Waals surface area contributed by atoms with Crippen molar-refractivity contribution in [2.75, 3.05) is 6.79 Å². The Morgan fingerprint density at radius 3 is 2.73 bits per heavy atom. The van der Waals surface area contributed by atoms with Crippen molar-refractivity contribution in [1.82, 2.24) is 0 Å². The summed E-state index contributed by atoms with van der Waals surface area (Å²) in [4.78, 5) is 25.0. The van der Waals surface area contributed by atoms with Gasteiger partial charge in [-0.3, -0.25) is 0 Å². The number of ether oxygens (including phenoxy) is 3. The van der Waals surface area contributed by atoms with E-state index in [1.165, 1.54) is 11.3 Å². The molecule has 0 unspecified atom stereocenters. The molecule has 0 bridgehead atoms. The van der Waals surface area contributed by atoms with E-state index in [1.807, 2.05) is 17.5 Å². The fourth-order valence-corrected chi connectivity index (χ4v) is 3.23. The number of fused-ring (bicyclic) bond motifs is 1. The summed E-state index contributed by atoms with van der Waals surface area (Å²) in [6.45, 7) is 0.156. The number of rotatable bonds is 3. The van der Waals surface area contributed by atoms with Crippen LogP contribution in [0.4, 0.5) is 0 Å². The van der Waals surface area contributed by atoms with E-state index >= 15 is 0 Å². The fraction of sp³-hybridized carbons (Fsp3) is 0.125. The number of esters is 2. The smallest absolute Gasteiger partial charge is 0.347 e. The first kappa shape index (κ1) is 13.1. The van der Waals surface area contributed by atoms with E-state index in [1.54, 1.807) is 18.2 Å². The third-order valence-electron chi connectivity index (χ3n) is 3.53. The van der Waals surface area contributed by atoms with Crippen molar-refractivity contribution in [2.45, 2.75) is 6.42 Å². The topological polar surface area (TPSA) is 61.8 Å². The molecule has 0 fully saturated rings. The summed E-state index contributed by atoms with van der Waals surface area (Å²) in [5, 5.41) is 1.93. The molecular formula is C16H10O5S. The van der Waals surface area contributed by atoms with E-state index in [0.29, 0.717) is 34.6 Å². The number of hydrogen-bond acceptors (Lipinski definition) is 6. The molecule has 4 rings (SSSR count). The van der Waals surface area contributed by atoms with E-state index in [-0.39, 0.29) is 6.79 Å². The lowest BCUT2D eigenvalue weighted by Crippen LogP contribution is -2.03. The zero-order chi connectivity index (χ0) is 15.1. The lowest BCUT2D eigenvalue weighted by molar-refractivity contribution is -0.150. The zero-order valence-electron chi connectivity index (χ0n) is 11.3. The van der Waals surface area contributed by atoms with Gasteiger partial charge in [-0.25, -0.2) is 9.59 Å². The molecule has 0 saturated carbocycles. The predicted octanol–water partition coefficient (Wildman–Crippen LogP) is 2.56. The molecule has 1 aromatic carbocycles. The Kier molecular flexibility index (Phi) is 2.97. The Morgan fingerprint density at radius 1 is 1.05 bits per heavy atom. The molecule has 2 aliphatic heterocycles. The average molecular weight is 314 g/mol. The van der Waals surface area contributed by atoms with Crippen LogP contribution < -0.4 is 9.47 Å². The molecule has 0 N–H and O–H groups in total. The average Bonchev–Trinajstić information content (AvgIpc) is 3.21. The first-order valence-corrected chi connectivity index (χ1v) is 7.52. The summed E-state index contributed by atoms with van der Waals surface area (Å²) in [7, 11) is 0. The Balaban J connectivity index is 1.80. The Bertz CT molecular complexity index is 804. The second-order valence-corrected chi connectivity index (χ2v) is 5.89. The molecule has 0 atom stereocenters. The van der Waals surface area contributed by atoms with Crippen molar-refractivity contribution in [3.8, 4) is 11.5 Å². The van der Waals surface area contributed by atoms with Crippen LogP contribution in [-0.4, -0.2) is 18.7 Å². The summed E-state index contributed by atoms with van der Waals surface area (Å²) in [6, 6.07) is 8.99. The van der Waals surface area contributed by atoms with Crippen LogP contribution in [0.25, 0.3) is 5.57 Å². The predicted molar refractivity (Wildman–Crippen MR) is 78.6 cm³/mol. The summed E-state index contributed by atoms with van der Waals surface area (Å²) < 4.78 is 15.4. The van der Waals surface area contributed by atoms with Crippen molar-refractivity contribution >= 4 is 28.8 Å². The van der Waals surface area contributed by atoms with Gasteiger partial charge >= 0.3 is 11.9 Å². The first-order chi connectivity index (χ1) is 10.7. The maximum Gasteiger partial charge on any atom is 0.347 e. The number of hydrogen-bond donors (Lipinski definition) is 0. The van der Waals surface area contributed by atoms with Crippen LogP contribution in [-0.2, 0) is 20.7 Å². The van der Waals surface area contributed by atoms with Gasteiger partial charge in [-0.2, -0.15) is 0 Å². The van der Waals surface area contributed by atoms with E-state index in [9.17, 15) is 9.59 Å². The van der Waals surface area contributed by atoms with Gasteiger partial charge < -0.3 is 14.2 Å². The maximum absolute atomic E-state index is 12.1. The number of thiophene rings is 1. The molecule has 3 heterocycles. The second kappa shape index (κ2) is 4.99. The van der Waals surface area contributed by atoms with Gasteiger partial charge in [0.25, 0.3) is 0 Å². The molecule has 110 valence electrons. The number of carbonyl (C=O) groups excluding carboxylic acids is 2. The quantitative estimate of drug-likeness (QED) is 0.643. The third kappa shape index (κ3) is 2.08. The van der Waals surface area contributed by atoms with Crippen LogP contribution in [0.3, 0.4) is 0 Å². The second-order valence-electron chi connectivity index (χ2n) is 4.85. The van der Waals surface area contributed by atoms with Crippen LogP contribution in [0, 0.1) is 0 Å². The van der Waals surface area contributed by atoms with Gasteiger partial charge in [-0.15, -0.1) is 11.3 Å². The van der Waals surface area contributed by atoms with Crippen LogP contribution in [0.5, 0.6) is 11.5 Å². The highest BCUT2D eigenvalue weighted by Gasteiger charge is 2.34. The number of benzene rings is 1. The van der Waals surface area contributed by atoms with E-state index in [0.717, 1.165) is 4.88 Å². The third-order valence-corrected chi connectivity index (χ3v) is 4.41. The van der Waals surface area contributed by atoms with Gasteiger partial charge in [0.1, 0.15) is 0 Å². The minimum absolute atomic E-state index is 0.156. The molecule has 2 aliphatic rings.